The molecule has 7 heteroatoms. The van der Waals surface area contributed by atoms with E-state index < -0.39 is 0 Å². The molecule has 1 aliphatic carbocycles. The van der Waals surface area contributed by atoms with Gasteiger partial charge in [0.25, 0.3) is 0 Å². The van der Waals surface area contributed by atoms with Gasteiger partial charge in [0.2, 0.25) is 5.91 Å². The second kappa shape index (κ2) is 7.36. The van der Waals surface area contributed by atoms with E-state index in [0.29, 0.717) is 6.04 Å². The van der Waals surface area contributed by atoms with Gasteiger partial charge >= 0.3 is 0 Å². The average Bonchev–Trinajstić information content (AvgIpc) is 3.06. The molecule has 4 rings (SSSR count). The van der Waals surface area contributed by atoms with Crippen LogP contribution >= 0.6 is 0 Å². The van der Waals surface area contributed by atoms with E-state index in [4.69, 9.17) is 5.10 Å². The number of imidazole rings is 1. The Morgan fingerprint density at radius 3 is 2.78 bits per heavy atom. The summed E-state index contributed by atoms with van der Waals surface area (Å²) in [7, 11) is 0. The molecule has 3 N–H and O–H groups in total. The molecule has 0 aliphatic heterocycles. The second-order valence-corrected chi connectivity index (χ2v) is 7.04. The van der Waals surface area contributed by atoms with Crippen LogP contribution in [0.4, 0.5) is 11.5 Å². The monoisotopic (exact) mass is 365 g/mol. The van der Waals surface area contributed by atoms with Gasteiger partial charge in [-0.3, -0.25) is 4.79 Å². The summed E-state index contributed by atoms with van der Waals surface area (Å²) in [5.74, 6) is 0.689. The molecule has 2 heterocycles. The Labute approximate surface area is 157 Å². The standard InChI is InChI=1S/C20H23N5O2/c1-13(26)22-16-4-2-3-14(11-16)18-12-21-20-10-9-19(24-25(18)20)23-15-5-7-17(27)8-6-15/h2-4,9-12,15,17,27H,5-8H2,1H3,(H,22,26)(H,23,24)/t15-,17-. The number of carbonyl (C=O) groups is 1. The van der Waals surface area contributed by atoms with Crippen LogP contribution in [0, 0.1) is 0 Å². The van der Waals surface area contributed by atoms with Crippen molar-refractivity contribution in [3.8, 4) is 11.3 Å². The summed E-state index contributed by atoms with van der Waals surface area (Å²) in [4.78, 5) is 15.7. The van der Waals surface area contributed by atoms with Crippen LogP contribution in [0.15, 0.2) is 42.6 Å². The highest BCUT2D eigenvalue weighted by Crippen LogP contribution is 2.25. The minimum absolute atomic E-state index is 0.104. The number of hydrogen-bond acceptors (Lipinski definition) is 5. The van der Waals surface area contributed by atoms with Crippen molar-refractivity contribution in [1.29, 1.82) is 0 Å². The van der Waals surface area contributed by atoms with Gasteiger partial charge in [0.1, 0.15) is 5.82 Å². The summed E-state index contributed by atoms with van der Waals surface area (Å²) < 4.78 is 1.81. The lowest BCUT2D eigenvalue weighted by Gasteiger charge is -2.26. The number of fused-ring (bicyclic) bond motifs is 1. The lowest BCUT2D eigenvalue weighted by atomic mass is 9.93. The Morgan fingerprint density at radius 2 is 2.00 bits per heavy atom. The van der Waals surface area contributed by atoms with Crippen LogP contribution in [-0.4, -0.2) is 37.8 Å². The summed E-state index contributed by atoms with van der Waals surface area (Å²) in [5, 5.41) is 20.6. The third kappa shape index (κ3) is 3.93. The van der Waals surface area contributed by atoms with E-state index >= 15 is 0 Å². The zero-order chi connectivity index (χ0) is 18.8. The Hall–Kier alpha value is -2.93. The lowest BCUT2D eigenvalue weighted by molar-refractivity contribution is -0.114. The van der Waals surface area contributed by atoms with Gasteiger partial charge in [0, 0.05) is 24.2 Å². The fourth-order valence-electron chi connectivity index (χ4n) is 3.54. The molecule has 0 spiro atoms. The van der Waals surface area contributed by atoms with Gasteiger partial charge < -0.3 is 15.7 Å². The number of carbonyl (C=O) groups excluding carboxylic acids is 1. The highest BCUT2D eigenvalue weighted by molar-refractivity contribution is 5.89. The van der Waals surface area contributed by atoms with Gasteiger partial charge in [0.05, 0.1) is 18.0 Å². The number of amides is 1. The number of nitrogens with zero attached hydrogens (tertiary/aromatic N) is 3. The van der Waals surface area contributed by atoms with E-state index in [9.17, 15) is 9.90 Å². The van der Waals surface area contributed by atoms with Gasteiger partial charge in [0.15, 0.2) is 5.65 Å². The third-order valence-electron chi connectivity index (χ3n) is 4.89. The number of aliphatic hydroxyl groups is 1. The van der Waals surface area contributed by atoms with Crippen LogP contribution < -0.4 is 10.6 Å². The van der Waals surface area contributed by atoms with Crippen molar-refractivity contribution in [2.24, 2.45) is 0 Å². The molecular formula is C20H23N5O2. The van der Waals surface area contributed by atoms with E-state index in [2.05, 4.69) is 15.6 Å². The first-order valence-corrected chi connectivity index (χ1v) is 9.26. The van der Waals surface area contributed by atoms with Crippen LogP contribution in [0.3, 0.4) is 0 Å². The van der Waals surface area contributed by atoms with Crippen molar-refractivity contribution in [3.63, 3.8) is 0 Å². The average molecular weight is 365 g/mol. The van der Waals surface area contributed by atoms with Crippen molar-refractivity contribution in [2.45, 2.75) is 44.8 Å². The van der Waals surface area contributed by atoms with Crippen molar-refractivity contribution >= 4 is 23.1 Å². The molecule has 0 atom stereocenters. The van der Waals surface area contributed by atoms with E-state index in [-0.39, 0.29) is 12.0 Å². The molecule has 1 aromatic carbocycles. The SMILES string of the molecule is CC(=O)Nc1cccc(-c2cnc3ccc(N[C@H]4CC[C@H](O)CC4)nn23)c1. The fraction of sp³-hybridized carbons (Fsp3) is 0.350. The first-order valence-electron chi connectivity index (χ1n) is 9.26. The minimum Gasteiger partial charge on any atom is -0.393 e. The van der Waals surface area contributed by atoms with Crippen LogP contribution in [0.5, 0.6) is 0 Å². The van der Waals surface area contributed by atoms with Gasteiger partial charge in [-0.2, -0.15) is 0 Å². The Bertz CT molecular complexity index is 960. The lowest BCUT2D eigenvalue weighted by Crippen LogP contribution is -2.28. The van der Waals surface area contributed by atoms with Crippen LogP contribution in [0.1, 0.15) is 32.6 Å². The number of rotatable bonds is 4. The molecule has 3 aromatic rings. The Balaban J connectivity index is 1.61. The zero-order valence-electron chi connectivity index (χ0n) is 15.2. The molecule has 0 unspecified atom stereocenters. The number of aliphatic hydroxyl groups excluding tert-OH is 1. The normalized spacial score (nSPS) is 19.8. The van der Waals surface area contributed by atoms with Crippen molar-refractivity contribution in [1.82, 2.24) is 14.6 Å². The van der Waals surface area contributed by atoms with E-state index in [1.165, 1.54) is 6.92 Å². The topological polar surface area (TPSA) is 91.5 Å². The number of hydrogen-bond donors (Lipinski definition) is 3. The quantitative estimate of drug-likeness (QED) is 0.661. The number of benzene rings is 1. The molecule has 0 saturated heterocycles. The maximum Gasteiger partial charge on any atom is 0.221 e. The van der Waals surface area contributed by atoms with E-state index in [0.717, 1.165) is 54.1 Å². The maximum atomic E-state index is 11.3. The molecule has 1 fully saturated rings. The highest BCUT2D eigenvalue weighted by atomic mass is 16.3. The third-order valence-corrected chi connectivity index (χ3v) is 4.89. The predicted molar refractivity (Wildman–Crippen MR) is 105 cm³/mol. The molecule has 1 aliphatic rings. The molecule has 27 heavy (non-hydrogen) atoms. The summed E-state index contributed by atoms with van der Waals surface area (Å²) in [6, 6.07) is 11.8. The minimum atomic E-state index is -0.172. The second-order valence-electron chi connectivity index (χ2n) is 7.04. The maximum absolute atomic E-state index is 11.3. The molecule has 0 radical (unpaired) electrons. The number of aromatic nitrogens is 3. The van der Waals surface area contributed by atoms with Crippen LogP contribution in [-0.2, 0) is 4.79 Å². The summed E-state index contributed by atoms with van der Waals surface area (Å²) in [5.41, 5.74) is 3.30. The summed E-state index contributed by atoms with van der Waals surface area (Å²) >= 11 is 0. The summed E-state index contributed by atoms with van der Waals surface area (Å²) in [6.07, 6.45) is 5.15. The first-order chi connectivity index (χ1) is 13.1. The van der Waals surface area contributed by atoms with Crippen molar-refractivity contribution in [2.75, 3.05) is 10.6 Å². The van der Waals surface area contributed by atoms with Gasteiger partial charge in [-0.05, 0) is 49.9 Å². The molecule has 1 amide bonds. The molecule has 0 bridgehead atoms. The highest BCUT2D eigenvalue weighted by Gasteiger charge is 2.19. The Kier molecular flexibility index (Phi) is 4.77. The smallest absolute Gasteiger partial charge is 0.221 e. The van der Waals surface area contributed by atoms with Gasteiger partial charge in [-0.15, -0.1) is 5.10 Å². The largest absolute Gasteiger partial charge is 0.393 e. The van der Waals surface area contributed by atoms with Crippen LogP contribution in [0.2, 0.25) is 0 Å². The Morgan fingerprint density at radius 1 is 1.19 bits per heavy atom. The van der Waals surface area contributed by atoms with E-state index in [1.54, 1.807) is 6.20 Å². The van der Waals surface area contributed by atoms with E-state index in [1.807, 2.05) is 40.9 Å². The van der Waals surface area contributed by atoms with Crippen LogP contribution in [0.25, 0.3) is 16.9 Å². The number of nitrogens with one attached hydrogen (secondary N) is 2. The first kappa shape index (κ1) is 17.5. The van der Waals surface area contributed by atoms with Crippen molar-refractivity contribution < 1.29 is 9.90 Å². The molecular weight excluding hydrogens is 342 g/mol. The fourth-order valence-corrected chi connectivity index (χ4v) is 3.54. The predicted octanol–water partition coefficient (Wildman–Crippen LogP) is 3.07. The van der Waals surface area contributed by atoms with Gasteiger partial charge in [-0.1, -0.05) is 12.1 Å². The molecule has 140 valence electrons. The zero-order valence-corrected chi connectivity index (χ0v) is 15.2. The molecule has 2 aromatic heterocycles. The summed E-state index contributed by atoms with van der Waals surface area (Å²) in [6.45, 7) is 1.49. The molecule has 1 saturated carbocycles. The molecule has 7 nitrogen and oxygen atoms in total. The van der Waals surface area contributed by atoms with Crippen molar-refractivity contribution in [3.05, 3.63) is 42.6 Å². The number of anilines is 2. The van der Waals surface area contributed by atoms with Gasteiger partial charge in [-0.25, -0.2) is 9.50 Å².